The number of ether oxygens (including phenoxy) is 1. The second-order valence-corrected chi connectivity index (χ2v) is 6.72. The van der Waals surface area contributed by atoms with E-state index in [1.54, 1.807) is 7.11 Å². The average molecular weight is 336 g/mol. The molecule has 1 aromatic heterocycles. The van der Waals surface area contributed by atoms with Crippen LogP contribution < -0.4 is 10.6 Å². The first-order chi connectivity index (χ1) is 11.6. The summed E-state index contributed by atoms with van der Waals surface area (Å²) in [5, 5.41) is 15.1. The Labute approximate surface area is 145 Å². The molecule has 1 aliphatic carbocycles. The number of aliphatic imine (C=N–C) groups is 1. The number of hydrogen-bond acceptors (Lipinski definition) is 4. The Morgan fingerprint density at radius 3 is 2.62 bits per heavy atom. The standard InChI is InChI=1S/C17H32N6O/c1-5-17(8-6-7-9-17)13-20-16(18-10-11-24-4)19-12-15-22-21-14(2)23(15)3/h5-13H2,1-4H3,(H2,18,19,20). The van der Waals surface area contributed by atoms with Gasteiger partial charge in [0.25, 0.3) is 0 Å². The van der Waals surface area contributed by atoms with Gasteiger partial charge in [-0.15, -0.1) is 10.2 Å². The lowest BCUT2D eigenvalue weighted by molar-refractivity contribution is 0.203. The third-order valence-corrected chi connectivity index (χ3v) is 5.21. The van der Waals surface area contributed by atoms with Gasteiger partial charge in [-0.25, -0.2) is 4.99 Å². The third kappa shape index (κ3) is 4.93. The van der Waals surface area contributed by atoms with E-state index in [1.807, 2.05) is 18.5 Å². The maximum Gasteiger partial charge on any atom is 0.191 e. The molecule has 0 amide bonds. The Bertz CT molecular complexity index is 533. The summed E-state index contributed by atoms with van der Waals surface area (Å²) >= 11 is 0. The highest BCUT2D eigenvalue weighted by molar-refractivity contribution is 5.79. The number of nitrogens with one attached hydrogen (secondary N) is 2. The van der Waals surface area contributed by atoms with Gasteiger partial charge in [0.05, 0.1) is 6.61 Å². The second kappa shape index (κ2) is 9.01. The maximum atomic E-state index is 5.12. The Hall–Kier alpha value is -1.63. The Morgan fingerprint density at radius 1 is 1.29 bits per heavy atom. The maximum absolute atomic E-state index is 5.12. The van der Waals surface area contributed by atoms with E-state index in [4.69, 9.17) is 4.74 Å². The van der Waals surface area contributed by atoms with Gasteiger partial charge >= 0.3 is 0 Å². The molecule has 1 heterocycles. The van der Waals surface area contributed by atoms with Crippen LogP contribution in [0, 0.1) is 12.3 Å². The van der Waals surface area contributed by atoms with E-state index >= 15 is 0 Å². The van der Waals surface area contributed by atoms with Gasteiger partial charge in [0.15, 0.2) is 11.8 Å². The van der Waals surface area contributed by atoms with Crippen LogP contribution in [0.2, 0.25) is 0 Å². The van der Waals surface area contributed by atoms with E-state index in [0.29, 0.717) is 18.6 Å². The van der Waals surface area contributed by atoms with Crippen LogP contribution in [0.15, 0.2) is 4.99 Å². The van der Waals surface area contributed by atoms with Gasteiger partial charge in [-0.3, -0.25) is 0 Å². The fourth-order valence-electron chi connectivity index (χ4n) is 3.24. The molecule has 1 fully saturated rings. The Kier molecular flexibility index (Phi) is 7.02. The van der Waals surface area contributed by atoms with Crippen molar-refractivity contribution in [2.45, 2.75) is 52.5 Å². The molecule has 0 saturated heterocycles. The minimum absolute atomic E-state index is 0.422. The highest BCUT2D eigenvalue weighted by Crippen LogP contribution is 2.40. The molecule has 2 rings (SSSR count). The van der Waals surface area contributed by atoms with Gasteiger partial charge in [0.1, 0.15) is 12.4 Å². The van der Waals surface area contributed by atoms with Crippen LogP contribution in [-0.2, 0) is 18.3 Å². The summed E-state index contributed by atoms with van der Waals surface area (Å²) in [5.41, 5.74) is 0.422. The lowest BCUT2D eigenvalue weighted by atomic mass is 9.83. The SMILES string of the molecule is CCC1(CNC(=NCc2nnc(C)n2C)NCCOC)CCCC1. The summed E-state index contributed by atoms with van der Waals surface area (Å²) in [7, 11) is 3.68. The quantitative estimate of drug-likeness (QED) is 0.430. The van der Waals surface area contributed by atoms with Crippen molar-refractivity contribution >= 4 is 5.96 Å². The van der Waals surface area contributed by atoms with Crippen LogP contribution in [0.4, 0.5) is 0 Å². The summed E-state index contributed by atoms with van der Waals surface area (Å²) in [5.74, 6) is 2.59. The van der Waals surface area contributed by atoms with Crippen molar-refractivity contribution in [3.05, 3.63) is 11.6 Å². The van der Waals surface area contributed by atoms with Crippen LogP contribution in [-0.4, -0.2) is 47.5 Å². The molecule has 0 spiro atoms. The molecule has 7 nitrogen and oxygen atoms in total. The topological polar surface area (TPSA) is 76.4 Å². The number of rotatable bonds is 8. The first-order valence-electron chi connectivity index (χ1n) is 8.96. The molecule has 1 aliphatic rings. The molecule has 1 aromatic rings. The zero-order chi connectivity index (χ0) is 17.4. The predicted octanol–water partition coefficient (Wildman–Crippen LogP) is 1.78. The zero-order valence-corrected chi connectivity index (χ0v) is 15.6. The van der Waals surface area contributed by atoms with E-state index in [9.17, 15) is 0 Å². The number of aryl methyl sites for hydroxylation is 1. The summed E-state index contributed by atoms with van der Waals surface area (Å²) in [6.45, 7) is 7.12. The van der Waals surface area contributed by atoms with E-state index < -0.39 is 0 Å². The summed E-state index contributed by atoms with van der Waals surface area (Å²) in [6.07, 6.45) is 6.52. The number of methoxy groups -OCH3 is 1. The van der Waals surface area contributed by atoms with Gasteiger partial charge < -0.3 is 19.9 Å². The lowest BCUT2D eigenvalue weighted by Gasteiger charge is -2.28. The van der Waals surface area contributed by atoms with E-state index in [1.165, 1.54) is 32.1 Å². The van der Waals surface area contributed by atoms with Gasteiger partial charge in [0.2, 0.25) is 0 Å². The summed E-state index contributed by atoms with van der Waals surface area (Å²) in [4.78, 5) is 4.68. The minimum Gasteiger partial charge on any atom is -0.383 e. The van der Waals surface area contributed by atoms with Crippen LogP contribution in [0.25, 0.3) is 0 Å². The highest BCUT2D eigenvalue weighted by Gasteiger charge is 2.31. The number of guanidine groups is 1. The van der Waals surface area contributed by atoms with Crippen LogP contribution >= 0.6 is 0 Å². The number of nitrogens with zero attached hydrogens (tertiary/aromatic N) is 4. The predicted molar refractivity (Wildman–Crippen MR) is 96.0 cm³/mol. The minimum atomic E-state index is 0.422. The molecule has 0 aliphatic heterocycles. The summed E-state index contributed by atoms with van der Waals surface area (Å²) < 4.78 is 7.10. The molecule has 136 valence electrons. The lowest BCUT2D eigenvalue weighted by Crippen LogP contribution is -2.44. The first-order valence-corrected chi connectivity index (χ1v) is 8.96. The van der Waals surface area contributed by atoms with Gasteiger partial charge in [0, 0.05) is 27.2 Å². The molecule has 0 bridgehead atoms. The zero-order valence-electron chi connectivity index (χ0n) is 15.6. The van der Waals surface area contributed by atoms with Gasteiger partial charge in [-0.05, 0) is 31.6 Å². The van der Waals surface area contributed by atoms with Gasteiger partial charge in [-0.2, -0.15) is 0 Å². The third-order valence-electron chi connectivity index (χ3n) is 5.21. The normalized spacial score (nSPS) is 17.2. The molecular formula is C17H32N6O. The van der Waals surface area contributed by atoms with Crippen molar-refractivity contribution in [1.29, 1.82) is 0 Å². The van der Waals surface area contributed by atoms with E-state index in [0.717, 1.165) is 30.7 Å². The van der Waals surface area contributed by atoms with E-state index in [2.05, 4.69) is 32.7 Å². The average Bonchev–Trinajstić information content (AvgIpc) is 3.19. The van der Waals surface area contributed by atoms with Crippen molar-refractivity contribution in [1.82, 2.24) is 25.4 Å². The summed E-state index contributed by atoms with van der Waals surface area (Å²) in [6, 6.07) is 0. The molecule has 7 heteroatoms. The Morgan fingerprint density at radius 2 is 2.04 bits per heavy atom. The highest BCUT2D eigenvalue weighted by atomic mass is 16.5. The molecule has 2 N–H and O–H groups in total. The molecular weight excluding hydrogens is 304 g/mol. The smallest absolute Gasteiger partial charge is 0.191 e. The fraction of sp³-hybridized carbons (Fsp3) is 0.824. The first kappa shape index (κ1) is 18.7. The molecule has 1 saturated carbocycles. The van der Waals surface area contributed by atoms with Gasteiger partial charge in [-0.1, -0.05) is 19.8 Å². The molecule has 0 radical (unpaired) electrons. The molecule has 0 aromatic carbocycles. The van der Waals surface area contributed by atoms with Crippen LogP contribution in [0.3, 0.4) is 0 Å². The van der Waals surface area contributed by atoms with Crippen molar-refractivity contribution in [3.63, 3.8) is 0 Å². The second-order valence-electron chi connectivity index (χ2n) is 6.72. The monoisotopic (exact) mass is 336 g/mol. The molecule has 0 unspecified atom stereocenters. The van der Waals surface area contributed by atoms with Crippen molar-refractivity contribution in [2.24, 2.45) is 17.5 Å². The van der Waals surface area contributed by atoms with Crippen molar-refractivity contribution < 1.29 is 4.74 Å². The largest absolute Gasteiger partial charge is 0.383 e. The fourth-order valence-corrected chi connectivity index (χ4v) is 3.24. The number of aromatic nitrogens is 3. The van der Waals surface area contributed by atoms with Crippen LogP contribution in [0.1, 0.15) is 50.7 Å². The van der Waals surface area contributed by atoms with Crippen molar-refractivity contribution in [3.8, 4) is 0 Å². The Balaban J connectivity index is 1.97. The van der Waals surface area contributed by atoms with Crippen LogP contribution in [0.5, 0.6) is 0 Å². The number of hydrogen-bond donors (Lipinski definition) is 2. The van der Waals surface area contributed by atoms with E-state index in [-0.39, 0.29) is 0 Å². The molecule has 0 atom stereocenters. The molecule has 24 heavy (non-hydrogen) atoms. The van der Waals surface area contributed by atoms with Crippen molar-refractivity contribution in [2.75, 3.05) is 26.8 Å².